The molecule has 3 nitrogen and oxygen atoms in total. The Labute approximate surface area is 59.4 Å². The van der Waals surface area contributed by atoms with Crippen molar-refractivity contribution in [2.45, 2.75) is 6.92 Å². The van der Waals surface area contributed by atoms with E-state index >= 15 is 0 Å². The molecule has 0 spiro atoms. The number of nitrogens with one attached hydrogen (secondary N) is 1. The van der Waals surface area contributed by atoms with Crippen LogP contribution in [0.2, 0.25) is 0 Å². The van der Waals surface area contributed by atoms with Crippen LogP contribution < -0.4 is 5.56 Å². The summed E-state index contributed by atoms with van der Waals surface area (Å²) in [4.78, 5) is 10.3. The molecule has 0 unspecified atom stereocenters. The van der Waals surface area contributed by atoms with Crippen molar-refractivity contribution >= 4 is 0 Å². The third kappa shape index (κ3) is 2.81. The van der Waals surface area contributed by atoms with Crippen LogP contribution in [0, 0.1) is 6.92 Å². The maximum Gasteiger partial charge on any atom is 0.264 e. The number of H-pyrrole nitrogens is 1. The van der Waals surface area contributed by atoms with Crippen molar-refractivity contribution in [2.75, 3.05) is 0 Å². The molecule has 0 atom stereocenters. The Hall–Kier alpha value is -1.38. The summed E-state index contributed by atoms with van der Waals surface area (Å²) in [6.45, 7) is 7.82. The van der Waals surface area contributed by atoms with Gasteiger partial charge in [-0.1, -0.05) is 0 Å². The van der Waals surface area contributed by atoms with E-state index in [9.17, 15) is 4.79 Å². The second-order valence-electron chi connectivity index (χ2n) is 1.56. The van der Waals surface area contributed by atoms with Crippen LogP contribution in [-0.2, 0) is 0 Å². The number of aryl methyl sites for hydroxylation is 1. The van der Waals surface area contributed by atoms with Crippen molar-refractivity contribution in [3.05, 3.63) is 41.3 Å². The zero-order chi connectivity index (χ0) is 7.98. The summed E-state index contributed by atoms with van der Waals surface area (Å²) in [5.41, 5.74) is 0.667. The molecule has 0 bridgehead atoms. The van der Waals surface area contributed by atoms with Crippen molar-refractivity contribution in [3.8, 4) is 0 Å². The predicted molar refractivity (Wildman–Crippen MR) is 40.8 cm³/mol. The number of nitrogens with zero attached hydrogens (tertiary/aromatic N) is 1. The molecule has 1 aromatic rings. The SMILES string of the molecule is C=C.Cc1ccc(=O)[nH]n1. The molecule has 0 saturated carbocycles. The average molecular weight is 138 g/mol. The summed E-state index contributed by atoms with van der Waals surface area (Å²) in [7, 11) is 0. The Morgan fingerprint density at radius 2 is 2.10 bits per heavy atom. The van der Waals surface area contributed by atoms with E-state index in [2.05, 4.69) is 23.4 Å². The summed E-state index contributed by atoms with van der Waals surface area (Å²) in [5, 5.41) is 5.94. The first-order valence-electron chi connectivity index (χ1n) is 2.81. The molecule has 0 amide bonds. The lowest BCUT2D eigenvalue weighted by Gasteiger charge is -1.82. The Morgan fingerprint density at radius 1 is 1.50 bits per heavy atom. The number of hydrogen-bond acceptors (Lipinski definition) is 2. The van der Waals surface area contributed by atoms with Crippen LogP contribution in [0.3, 0.4) is 0 Å². The van der Waals surface area contributed by atoms with Gasteiger partial charge in [-0.05, 0) is 13.0 Å². The van der Waals surface area contributed by atoms with Crippen molar-refractivity contribution in [1.82, 2.24) is 10.2 Å². The van der Waals surface area contributed by atoms with Gasteiger partial charge in [-0.2, -0.15) is 5.10 Å². The smallest absolute Gasteiger partial charge is 0.264 e. The van der Waals surface area contributed by atoms with Crippen LogP contribution in [0.15, 0.2) is 30.1 Å². The van der Waals surface area contributed by atoms with Gasteiger partial charge in [0.05, 0.1) is 5.69 Å². The van der Waals surface area contributed by atoms with Gasteiger partial charge >= 0.3 is 0 Å². The summed E-state index contributed by atoms with van der Waals surface area (Å²) in [6.07, 6.45) is 0. The molecule has 10 heavy (non-hydrogen) atoms. The largest absolute Gasteiger partial charge is 0.268 e. The first-order chi connectivity index (χ1) is 4.79. The summed E-state index contributed by atoms with van der Waals surface area (Å²) in [6, 6.07) is 3.11. The number of aromatic amines is 1. The first-order valence-corrected chi connectivity index (χ1v) is 2.81. The summed E-state index contributed by atoms with van der Waals surface area (Å²) < 4.78 is 0. The lowest BCUT2D eigenvalue weighted by Crippen LogP contribution is -2.05. The third-order valence-corrected chi connectivity index (χ3v) is 0.818. The maximum absolute atomic E-state index is 10.3. The van der Waals surface area contributed by atoms with Gasteiger partial charge in [0.25, 0.3) is 5.56 Å². The van der Waals surface area contributed by atoms with Gasteiger partial charge in [0.2, 0.25) is 0 Å². The van der Waals surface area contributed by atoms with E-state index in [0.29, 0.717) is 0 Å². The second kappa shape index (κ2) is 4.49. The zero-order valence-electron chi connectivity index (χ0n) is 5.92. The van der Waals surface area contributed by atoms with Crippen LogP contribution in [0.4, 0.5) is 0 Å². The van der Waals surface area contributed by atoms with Gasteiger partial charge in [-0.3, -0.25) is 4.79 Å². The normalized spacial score (nSPS) is 7.70. The summed E-state index contributed by atoms with van der Waals surface area (Å²) in [5.74, 6) is 0. The minimum absolute atomic E-state index is 0.157. The molecular weight excluding hydrogens is 128 g/mol. The number of hydrogen-bond donors (Lipinski definition) is 1. The van der Waals surface area contributed by atoms with Crippen LogP contribution >= 0.6 is 0 Å². The standard InChI is InChI=1S/C5H6N2O.C2H4/c1-4-2-3-5(8)7-6-4;1-2/h2-3H,1H3,(H,7,8);1-2H2. The highest BCUT2D eigenvalue weighted by Crippen LogP contribution is 1.78. The average Bonchev–Trinajstić information content (AvgIpc) is 2.00. The molecule has 1 N–H and O–H groups in total. The van der Waals surface area contributed by atoms with Crippen molar-refractivity contribution < 1.29 is 0 Å². The van der Waals surface area contributed by atoms with Crippen LogP contribution in [0.1, 0.15) is 5.69 Å². The fraction of sp³-hybridized carbons (Fsp3) is 0.143. The highest BCUT2D eigenvalue weighted by Gasteiger charge is 1.80. The molecule has 3 heteroatoms. The van der Waals surface area contributed by atoms with Crippen molar-refractivity contribution in [2.24, 2.45) is 0 Å². The molecule has 0 radical (unpaired) electrons. The molecule has 0 fully saturated rings. The topological polar surface area (TPSA) is 45.8 Å². The van der Waals surface area contributed by atoms with Crippen LogP contribution in [0.5, 0.6) is 0 Å². The van der Waals surface area contributed by atoms with Gasteiger partial charge in [-0.25, -0.2) is 5.10 Å². The molecule has 0 saturated heterocycles. The Morgan fingerprint density at radius 3 is 2.40 bits per heavy atom. The monoisotopic (exact) mass is 138 g/mol. The van der Waals surface area contributed by atoms with E-state index in [0.717, 1.165) is 5.69 Å². The molecular formula is C7H10N2O. The fourth-order valence-corrected chi connectivity index (χ4v) is 0.414. The minimum atomic E-state index is -0.157. The van der Waals surface area contributed by atoms with Crippen molar-refractivity contribution in [1.29, 1.82) is 0 Å². The van der Waals surface area contributed by atoms with E-state index in [1.165, 1.54) is 6.07 Å². The number of rotatable bonds is 0. The van der Waals surface area contributed by atoms with Gasteiger partial charge < -0.3 is 0 Å². The van der Waals surface area contributed by atoms with E-state index in [1.807, 2.05) is 6.92 Å². The maximum atomic E-state index is 10.3. The Bertz CT molecular complexity index is 221. The molecule has 0 aliphatic heterocycles. The lowest BCUT2D eigenvalue weighted by molar-refractivity contribution is 0.946. The Balaban J connectivity index is 0.000000371. The van der Waals surface area contributed by atoms with E-state index < -0.39 is 0 Å². The van der Waals surface area contributed by atoms with Crippen LogP contribution in [-0.4, -0.2) is 10.2 Å². The van der Waals surface area contributed by atoms with Crippen LogP contribution in [0.25, 0.3) is 0 Å². The highest BCUT2D eigenvalue weighted by atomic mass is 16.1. The van der Waals surface area contributed by atoms with Gasteiger partial charge in [0, 0.05) is 6.07 Å². The highest BCUT2D eigenvalue weighted by molar-refractivity contribution is 4.95. The second-order valence-corrected chi connectivity index (χ2v) is 1.56. The van der Waals surface area contributed by atoms with E-state index in [1.54, 1.807) is 6.07 Å². The summed E-state index contributed by atoms with van der Waals surface area (Å²) >= 11 is 0. The lowest BCUT2D eigenvalue weighted by atomic mass is 10.4. The first kappa shape index (κ1) is 8.62. The minimum Gasteiger partial charge on any atom is -0.268 e. The fourth-order valence-electron chi connectivity index (χ4n) is 0.414. The van der Waals surface area contributed by atoms with Gasteiger partial charge in [0.15, 0.2) is 0 Å². The molecule has 0 aliphatic rings. The van der Waals surface area contributed by atoms with E-state index in [-0.39, 0.29) is 5.56 Å². The molecule has 0 aliphatic carbocycles. The zero-order valence-corrected chi connectivity index (χ0v) is 5.92. The van der Waals surface area contributed by atoms with Crippen molar-refractivity contribution in [3.63, 3.8) is 0 Å². The predicted octanol–water partition coefficient (Wildman–Crippen LogP) is 0.881. The quantitative estimate of drug-likeness (QED) is 0.541. The molecule has 54 valence electrons. The molecule has 1 rings (SSSR count). The third-order valence-electron chi connectivity index (χ3n) is 0.818. The van der Waals surface area contributed by atoms with Gasteiger partial charge in [0.1, 0.15) is 0 Å². The molecule has 1 heterocycles. The molecule has 0 aromatic carbocycles. The Kier molecular flexibility index (Phi) is 3.87. The van der Waals surface area contributed by atoms with E-state index in [4.69, 9.17) is 0 Å². The van der Waals surface area contributed by atoms with Gasteiger partial charge in [-0.15, -0.1) is 13.2 Å². The molecule has 1 aromatic heterocycles. The number of aromatic nitrogens is 2.